The SMILES string of the molecule is O=C(COc1ccccc1Cl)N1CCN(C(=O)c2ccccc2)CC1. The molecule has 1 fully saturated rings. The van der Waals surface area contributed by atoms with Crippen LogP contribution in [0.1, 0.15) is 10.4 Å². The van der Waals surface area contributed by atoms with Gasteiger partial charge in [-0.3, -0.25) is 9.59 Å². The average molecular weight is 359 g/mol. The van der Waals surface area contributed by atoms with Gasteiger partial charge in [0.1, 0.15) is 5.75 Å². The molecule has 0 aliphatic carbocycles. The number of piperazine rings is 1. The molecule has 0 atom stereocenters. The number of benzene rings is 2. The molecule has 130 valence electrons. The van der Waals surface area contributed by atoms with Crippen molar-refractivity contribution in [2.45, 2.75) is 0 Å². The van der Waals surface area contributed by atoms with Gasteiger partial charge in [0, 0.05) is 31.7 Å². The van der Waals surface area contributed by atoms with Gasteiger partial charge < -0.3 is 14.5 Å². The Bertz CT molecular complexity index is 743. The fourth-order valence-electron chi connectivity index (χ4n) is 2.71. The van der Waals surface area contributed by atoms with Crippen LogP contribution in [0.3, 0.4) is 0 Å². The number of nitrogens with zero attached hydrogens (tertiary/aromatic N) is 2. The highest BCUT2D eigenvalue weighted by atomic mass is 35.5. The molecule has 1 aliphatic rings. The number of halogens is 1. The zero-order valence-electron chi connectivity index (χ0n) is 13.7. The van der Waals surface area contributed by atoms with E-state index in [0.29, 0.717) is 42.5 Å². The molecular weight excluding hydrogens is 340 g/mol. The molecule has 0 N–H and O–H groups in total. The number of ether oxygens (including phenoxy) is 1. The lowest BCUT2D eigenvalue weighted by atomic mass is 10.2. The number of carbonyl (C=O) groups excluding carboxylic acids is 2. The van der Waals surface area contributed by atoms with Crippen molar-refractivity contribution in [3.05, 3.63) is 65.2 Å². The topological polar surface area (TPSA) is 49.9 Å². The smallest absolute Gasteiger partial charge is 0.260 e. The molecule has 0 unspecified atom stereocenters. The summed E-state index contributed by atoms with van der Waals surface area (Å²) in [5.41, 5.74) is 0.671. The number of rotatable bonds is 4. The molecule has 0 saturated carbocycles. The molecule has 0 bridgehead atoms. The van der Waals surface area contributed by atoms with Crippen molar-refractivity contribution in [1.29, 1.82) is 0 Å². The van der Waals surface area contributed by atoms with Crippen LogP contribution in [-0.4, -0.2) is 54.4 Å². The van der Waals surface area contributed by atoms with Crippen molar-refractivity contribution in [2.24, 2.45) is 0 Å². The highest BCUT2D eigenvalue weighted by Crippen LogP contribution is 2.23. The van der Waals surface area contributed by atoms with E-state index in [0.717, 1.165) is 0 Å². The van der Waals surface area contributed by atoms with Gasteiger partial charge in [-0.15, -0.1) is 0 Å². The molecule has 25 heavy (non-hydrogen) atoms. The van der Waals surface area contributed by atoms with Crippen LogP contribution in [0.25, 0.3) is 0 Å². The van der Waals surface area contributed by atoms with E-state index in [2.05, 4.69) is 0 Å². The van der Waals surface area contributed by atoms with Crippen molar-refractivity contribution in [1.82, 2.24) is 9.80 Å². The summed E-state index contributed by atoms with van der Waals surface area (Å²) >= 11 is 6.01. The fraction of sp³-hybridized carbons (Fsp3) is 0.263. The summed E-state index contributed by atoms with van der Waals surface area (Å²) in [4.78, 5) is 28.2. The van der Waals surface area contributed by atoms with Gasteiger partial charge in [-0.1, -0.05) is 41.9 Å². The third-order valence-corrected chi connectivity index (χ3v) is 4.44. The van der Waals surface area contributed by atoms with Crippen LogP contribution < -0.4 is 4.74 Å². The highest BCUT2D eigenvalue weighted by molar-refractivity contribution is 6.32. The van der Waals surface area contributed by atoms with Crippen molar-refractivity contribution in [3.8, 4) is 5.75 Å². The predicted molar refractivity (Wildman–Crippen MR) is 95.9 cm³/mol. The van der Waals surface area contributed by atoms with Crippen molar-refractivity contribution < 1.29 is 14.3 Å². The van der Waals surface area contributed by atoms with Crippen LogP contribution in [0.2, 0.25) is 5.02 Å². The monoisotopic (exact) mass is 358 g/mol. The van der Waals surface area contributed by atoms with Crippen LogP contribution in [0.4, 0.5) is 0 Å². The minimum absolute atomic E-state index is 0.0000151. The molecule has 1 heterocycles. The summed E-state index contributed by atoms with van der Waals surface area (Å²) in [6.45, 7) is 1.99. The molecule has 0 spiro atoms. The first kappa shape index (κ1) is 17.3. The second kappa shape index (κ2) is 8.03. The lowest BCUT2D eigenvalue weighted by Gasteiger charge is -2.34. The number of hydrogen-bond acceptors (Lipinski definition) is 3. The number of para-hydroxylation sites is 1. The molecule has 2 amide bonds. The molecule has 1 aliphatic heterocycles. The summed E-state index contributed by atoms with van der Waals surface area (Å²) in [6, 6.07) is 16.2. The Morgan fingerprint density at radius 1 is 0.880 bits per heavy atom. The molecular formula is C19H19ClN2O3. The van der Waals surface area contributed by atoms with Crippen LogP contribution >= 0.6 is 11.6 Å². The van der Waals surface area contributed by atoms with Gasteiger partial charge in [0.05, 0.1) is 5.02 Å². The zero-order chi connectivity index (χ0) is 17.6. The van der Waals surface area contributed by atoms with Crippen molar-refractivity contribution >= 4 is 23.4 Å². The first-order valence-corrected chi connectivity index (χ1v) is 8.52. The maximum atomic E-state index is 12.4. The lowest BCUT2D eigenvalue weighted by Crippen LogP contribution is -2.51. The summed E-state index contributed by atoms with van der Waals surface area (Å²) in [7, 11) is 0. The Morgan fingerprint density at radius 3 is 2.16 bits per heavy atom. The number of amides is 2. The van der Waals surface area contributed by atoms with Gasteiger partial charge in [-0.05, 0) is 24.3 Å². The van der Waals surface area contributed by atoms with Gasteiger partial charge in [0.25, 0.3) is 11.8 Å². The fourth-order valence-corrected chi connectivity index (χ4v) is 2.91. The molecule has 6 heteroatoms. The molecule has 3 rings (SSSR count). The van der Waals surface area contributed by atoms with E-state index in [-0.39, 0.29) is 18.4 Å². The highest BCUT2D eigenvalue weighted by Gasteiger charge is 2.25. The first-order chi connectivity index (χ1) is 12.1. The Labute approximate surface area is 151 Å². The Morgan fingerprint density at radius 2 is 1.48 bits per heavy atom. The molecule has 0 aromatic heterocycles. The van der Waals surface area contributed by atoms with E-state index in [1.807, 2.05) is 18.2 Å². The molecule has 1 saturated heterocycles. The van der Waals surface area contributed by atoms with Gasteiger partial charge in [0.2, 0.25) is 0 Å². The van der Waals surface area contributed by atoms with Crippen LogP contribution in [0.15, 0.2) is 54.6 Å². The standard InChI is InChI=1S/C19H19ClN2O3/c20-16-8-4-5-9-17(16)25-14-18(23)21-10-12-22(13-11-21)19(24)15-6-2-1-3-7-15/h1-9H,10-14H2. The molecule has 0 radical (unpaired) electrons. The summed E-state index contributed by atoms with van der Waals surface area (Å²) in [5.74, 6) is 0.391. The van der Waals surface area contributed by atoms with Crippen LogP contribution in [-0.2, 0) is 4.79 Å². The zero-order valence-corrected chi connectivity index (χ0v) is 14.5. The van der Waals surface area contributed by atoms with Crippen LogP contribution in [0, 0.1) is 0 Å². The van der Waals surface area contributed by atoms with E-state index in [1.165, 1.54) is 0 Å². The van der Waals surface area contributed by atoms with E-state index >= 15 is 0 Å². The van der Waals surface area contributed by atoms with Crippen molar-refractivity contribution in [2.75, 3.05) is 32.8 Å². The second-order valence-corrected chi connectivity index (χ2v) is 6.17. The minimum atomic E-state index is -0.105. The Hall–Kier alpha value is -2.53. The summed E-state index contributed by atoms with van der Waals surface area (Å²) in [5, 5.41) is 0.480. The van der Waals surface area contributed by atoms with Crippen molar-refractivity contribution in [3.63, 3.8) is 0 Å². The number of carbonyl (C=O) groups is 2. The maximum Gasteiger partial charge on any atom is 0.260 e. The Kier molecular flexibility index (Phi) is 5.56. The summed E-state index contributed by atoms with van der Waals surface area (Å²) in [6.07, 6.45) is 0. The Balaban J connectivity index is 1.49. The molecule has 2 aromatic carbocycles. The van der Waals surface area contributed by atoms with Crippen LogP contribution in [0.5, 0.6) is 5.75 Å². The normalized spacial score (nSPS) is 14.3. The lowest BCUT2D eigenvalue weighted by molar-refractivity contribution is -0.134. The van der Waals surface area contributed by atoms with E-state index in [9.17, 15) is 9.59 Å². The largest absolute Gasteiger partial charge is 0.482 e. The van der Waals surface area contributed by atoms with Gasteiger partial charge in [0.15, 0.2) is 6.61 Å². The third-order valence-electron chi connectivity index (χ3n) is 4.13. The minimum Gasteiger partial charge on any atom is -0.482 e. The molecule has 5 nitrogen and oxygen atoms in total. The van der Waals surface area contributed by atoms with E-state index in [1.54, 1.807) is 46.2 Å². The number of hydrogen-bond donors (Lipinski definition) is 0. The quantitative estimate of drug-likeness (QED) is 0.844. The molecule has 2 aromatic rings. The maximum absolute atomic E-state index is 12.4. The first-order valence-electron chi connectivity index (χ1n) is 8.14. The third kappa shape index (κ3) is 4.31. The van der Waals surface area contributed by atoms with E-state index < -0.39 is 0 Å². The summed E-state index contributed by atoms with van der Waals surface area (Å²) < 4.78 is 5.49. The predicted octanol–water partition coefficient (Wildman–Crippen LogP) is 2.70. The second-order valence-electron chi connectivity index (χ2n) is 5.76. The van der Waals surface area contributed by atoms with Gasteiger partial charge >= 0.3 is 0 Å². The average Bonchev–Trinajstić information content (AvgIpc) is 2.67. The van der Waals surface area contributed by atoms with Gasteiger partial charge in [-0.25, -0.2) is 0 Å². The van der Waals surface area contributed by atoms with Gasteiger partial charge in [-0.2, -0.15) is 0 Å². The van der Waals surface area contributed by atoms with E-state index in [4.69, 9.17) is 16.3 Å².